The Bertz CT molecular complexity index is 758. The second-order valence-corrected chi connectivity index (χ2v) is 6.69. The second kappa shape index (κ2) is 5.34. The lowest BCUT2D eigenvalue weighted by Gasteiger charge is -2.12. The van der Waals surface area contributed by atoms with E-state index in [1.807, 2.05) is 13.0 Å². The van der Waals surface area contributed by atoms with Crippen LogP contribution in [0.25, 0.3) is 0 Å². The number of nitrogens with two attached hydrogens (primary N) is 1. The van der Waals surface area contributed by atoms with Gasteiger partial charge in [-0.15, -0.1) is 0 Å². The van der Waals surface area contributed by atoms with Crippen molar-refractivity contribution >= 4 is 33.0 Å². The van der Waals surface area contributed by atoms with Crippen LogP contribution in [0.15, 0.2) is 41.3 Å². The van der Waals surface area contributed by atoms with Crippen LogP contribution in [0.3, 0.4) is 0 Å². The first-order valence-corrected chi connectivity index (χ1v) is 7.81. The molecule has 2 aromatic carbocycles. The molecule has 0 saturated heterocycles. The summed E-state index contributed by atoms with van der Waals surface area (Å²) in [5.41, 5.74) is 7.91. The SMILES string of the molecule is Cc1ccc(C)c(S(=O)(=O)Nc2ccc(Cl)cc2N)c1. The van der Waals surface area contributed by atoms with Crippen LogP contribution in [0, 0.1) is 13.8 Å². The summed E-state index contributed by atoms with van der Waals surface area (Å²) in [7, 11) is -3.67. The van der Waals surface area contributed by atoms with E-state index in [1.165, 1.54) is 6.07 Å². The van der Waals surface area contributed by atoms with Gasteiger partial charge in [-0.05, 0) is 49.2 Å². The molecule has 6 heteroatoms. The molecular weight excluding hydrogens is 296 g/mol. The molecule has 0 saturated carbocycles. The normalized spacial score (nSPS) is 11.3. The summed E-state index contributed by atoms with van der Waals surface area (Å²) < 4.78 is 27.3. The maximum atomic E-state index is 12.4. The molecule has 0 fully saturated rings. The Hall–Kier alpha value is -1.72. The molecule has 0 bridgehead atoms. The smallest absolute Gasteiger partial charge is 0.262 e. The van der Waals surface area contributed by atoms with Crippen LogP contribution in [0.4, 0.5) is 11.4 Å². The fourth-order valence-corrected chi connectivity index (χ4v) is 3.42. The minimum Gasteiger partial charge on any atom is -0.397 e. The Balaban J connectivity index is 2.43. The molecule has 106 valence electrons. The Morgan fingerprint density at radius 2 is 1.80 bits per heavy atom. The molecule has 0 atom stereocenters. The van der Waals surface area contributed by atoms with E-state index in [4.69, 9.17) is 17.3 Å². The van der Waals surface area contributed by atoms with Crippen molar-refractivity contribution in [1.29, 1.82) is 0 Å². The van der Waals surface area contributed by atoms with Gasteiger partial charge in [0.25, 0.3) is 10.0 Å². The third-order valence-electron chi connectivity index (χ3n) is 2.89. The molecule has 2 rings (SSSR count). The molecule has 0 aromatic heterocycles. The Labute approximate surface area is 123 Å². The highest BCUT2D eigenvalue weighted by Crippen LogP contribution is 2.26. The van der Waals surface area contributed by atoms with Crippen LogP contribution in [-0.2, 0) is 10.0 Å². The van der Waals surface area contributed by atoms with Crippen LogP contribution < -0.4 is 10.5 Å². The number of aryl methyl sites for hydroxylation is 2. The van der Waals surface area contributed by atoms with Gasteiger partial charge in [0.1, 0.15) is 0 Å². The zero-order valence-electron chi connectivity index (χ0n) is 11.1. The first-order valence-electron chi connectivity index (χ1n) is 5.95. The molecule has 0 aliphatic carbocycles. The number of sulfonamides is 1. The molecular formula is C14H15ClN2O2S. The van der Waals surface area contributed by atoms with E-state index in [9.17, 15) is 8.42 Å². The lowest BCUT2D eigenvalue weighted by molar-refractivity contribution is 0.600. The number of anilines is 2. The summed E-state index contributed by atoms with van der Waals surface area (Å²) >= 11 is 5.79. The highest BCUT2D eigenvalue weighted by atomic mass is 35.5. The lowest BCUT2D eigenvalue weighted by atomic mass is 10.2. The van der Waals surface area contributed by atoms with Crippen molar-refractivity contribution in [3.63, 3.8) is 0 Å². The van der Waals surface area contributed by atoms with Crippen molar-refractivity contribution in [3.8, 4) is 0 Å². The second-order valence-electron chi connectivity index (χ2n) is 4.61. The molecule has 0 heterocycles. The molecule has 0 radical (unpaired) electrons. The van der Waals surface area contributed by atoms with Gasteiger partial charge < -0.3 is 5.73 Å². The summed E-state index contributed by atoms with van der Waals surface area (Å²) in [6.45, 7) is 3.59. The monoisotopic (exact) mass is 310 g/mol. The van der Waals surface area contributed by atoms with E-state index in [-0.39, 0.29) is 10.6 Å². The molecule has 4 nitrogen and oxygen atoms in total. The maximum absolute atomic E-state index is 12.4. The Morgan fingerprint density at radius 1 is 1.10 bits per heavy atom. The van der Waals surface area contributed by atoms with E-state index in [1.54, 1.807) is 31.2 Å². The topological polar surface area (TPSA) is 72.2 Å². The highest BCUT2D eigenvalue weighted by molar-refractivity contribution is 7.92. The van der Waals surface area contributed by atoms with E-state index in [0.717, 1.165) is 5.56 Å². The summed E-state index contributed by atoms with van der Waals surface area (Å²) in [6.07, 6.45) is 0. The third kappa shape index (κ3) is 3.05. The van der Waals surface area contributed by atoms with Gasteiger partial charge in [0.15, 0.2) is 0 Å². The van der Waals surface area contributed by atoms with E-state index >= 15 is 0 Å². The quantitative estimate of drug-likeness (QED) is 0.854. The van der Waals surface area contributed by atoms with Crippen molar-refractivity contribution in [3.05, 3.63) is 52.5 Å². The number of nitrogen functional groups attached to an aromatic ring is 1. The van der Waals surface area contributed by atoms with Crippen LogP contribution in [0.1, 0.15) is 11.1 Å². The Morgan fingerprint density at radius 3 is 2.45 bits per heavy atom. The van der Waals surface area contributed by atoms with E-state index in [0.29, 0.717) is 16.3 Å². The van der Waals surface area contributed by atoms with E-state index < -0.39 is 10.0 Å². The van der Waals surface area contributed by atoms with Crippen molar-refractivity contribution in [1.82, 2.24) is 0 Å². The number of rotatable bonds is 3. The molecule has 2 aromatic rings. The predicted molar refractivity (Wildman–Crippen MR) is 82.6 cm³/mol. The highest BCUT2D eigenvalue weighted by Gasteiger charge is 2.18. The number of nitrogens with one attached hydrogen (secondary N) is 1. The van der Waals surface area contributed by atoms with Crippen LogP contribution >= 0.6 is 11.6 Å². The fraction of sp³-hybridized carbons (Fsp3) is 0.143. The van der Waals surface area contributed by atoms with Gasteiger partial charge >= 0.3 is 0 Å². The fourth-order valence-electron chi connectivity index (χ4n) is 1.82. The van der Waals surface area contributed by atoms with Gasteiger partial charge in [-0.25, -0.2) is 8.42 Å². The summed E-state index contributed by atoms with van der Waals surface area (Å²) in [4.78, 5) is 0.242. The Kier molecular flexibility index (Phi) is 3.92. The summed E-state index contributed by atoms with van der Waals surface area (Å²) in [5.74, 6) is 0. The van der Waals surface area contributed by atoms with Gasteiger partial charge in [0, 0.05) is 5.02 Å². The zero-order chi connectivity index (χ0) is 14.9. The molecule has 3 N–H and O–H groups in total. The van der Waals surface area contributed by atoms with Crippen LogP contribution in [-0.4, -0.2) is 8.42 Å². The largest absolute Gasteiger partial charge is 0.397 e. The molecule has 0 aliphatic heterocycles. The standard InChI is InChI=1S/C14H15ClN2O2S/c1-9-3-4-10(2)14(7-9)20(18,19)17-13-6-5-11(15)8-12(13)16/h3-8,17H,16H2,1-2H3. The van der Waals surface area contributed by atoms with Gasteiger partial charge in [-0.3, -0.25) is 4.72 Å². The minimum atomic E-state index is -3.67. The first-order chi connectivity index (χ1) is 9.29. The van der Waals surface area contributed by atoms with Gasteiger partial charge in [0.2, 0.25) is 0 Å². The average molecular weight is 311 g/mol. The summed E-state index contributed by atoms with van der Waals surface area (Å²) in [6, 6.07) is 9.89. The first kappa shape index (κ1) is 14.7. The molecule has 0 amide bonds. The van der Waals surface area contributed by atoms with Crippen molar-refractivity contribution in [2.75, 3.05) is 10.5 Å². The number of hydrogen-bond acceptors (Lipinski definition) is 3. The number of benzene rings is 2. The van der Waals surface area contributed by atoms with E-state index in [2.05, 4.69) is 4.72 Å². The van der Waals surface area contributed by atoms with Crippen LogP contribution in [0.5, 0.6) is 0 Å². The minimum absolute atomic E-state index is 0.242. The zero-order valence-corrected chi connectivity index (χ0v) is 12.7. The van der Waals surface area contributed by atoms with Gasteiger partial charge in [-0.1, -0.05) is 23.7 Å². The summed E-state index contributed by atoms with van der Waals surface area (Å²) in [5, 5.41) is 0.456. The average Bonchev–Trinajstić information content (AvgIpc) is 2.35. The van der Waals surface area contributed by atoms with Crippen LogP contribution in [0.2, 0.25) is 5.02 Å². The van der Waals surface area contributed by atoms with Gasteiger partial charge in [0.05, 0.1) is 16.3 Å². The van der Waals surface area contributed by atoms with Crippen molar-refractivity contribution in [2.45, 2.75) is 18.7 Å². The number of halogens is 1. The van der Waals surface area contributed by atoms with Crippen molar-refractivity contribution in [2.24, 2.45) is 0 Å². The van der Waals surface area contributed by atoms with Gasteiger partial charge in [-0.2, -0.15) is 0 Å². The molecule has 0 spiro atoms. The predicted octanol–water partition coefficient (Wildman–Crippen LogP) is 3.34. The maximum Gasteiger partial charge on any atom is 0.262 e. The molecule has 20 heavy (non-hydrogen) atoms. The molecule has 0 aliphatic rings. The third-order valence-corrected chi connectivity index (χ3v) is 4.63. The number of hydrogen-bond donors (Lipinski definition) is 2. The molecule has 0 unspecified atom stereocenters. The van der Waals surface area contributed by atoms with Crippen molar-refractivity contribution < 1.29 is 8.42 Å². The lowest BCUT2D eigenvalue weighted by Crippen LogP contribution is -2.15.